The lowest BCUT2D eigenvalue weighted by Crippen LogP contribution is -2.31. The Labute approximate surface area is 116 Å². The number of carboxylic acids is 1. The van der Waals surface area contributed by atoms with E-state index >= 15 is 0 Å². The van der Waals surface area contributed by atoms with Crippen LogP contribution in [0.1, 0.15) is 23.7 Å². The highest BCUT2D eigenvalue weighted by Crippen LogP contribution is 2.26. The van der Waals surface area contributed by atoms with Crippen molar-refractivity contribution in [1.29, 1.82) is 0 Å². The van der Waals surface area contributed by atoms with Crippen molar-refractivity contribution < 1.29 is 23.2 Å². The molecule has 19 heavy (non-hydrogen) atoms. The van der Waals surface area contributed by atoms with Crippen molar-refractivity contribution in [2.75, 3.05) is 13.7 Å². The van der Waals surface area contributed by atoms with Gasteiger partial charge in [0.15, 0.2) is 0 Å². The Balaban J connectivity index is 3.34. The Bertz CT molecular complexity index is 572. The normalized spacial score (nSPS) is 11.8. The molecule has 0 aromatic heterocycles. The highest BCUT2D eigenvalue weighted by Gasteiger charge is 2.27. The van der Waals surface area contributed by atoms with Crippen molar-refractivity contribution in [2.45, 2.75) is 18.2 Å². The molecule has 0 unspecified atom stereocenters. The van der Waals surface area contributed by atoms with E-state index in [0.29, 0.717) is 6.42 Å². The van der Waals surface area contributed by atoms with Crippen molar-refractivity contribution in [3.63, 3.8) is 0 Å². The van der Waals surface area contributed by atoms with Gasteiger partial charge in [0.25, 0.3) is 10.0 Å². The van der Waals surface area contributed by atoms with E-state index in [9.17, 15) is 13.2 Å². The van der Waals surface area contributed by atoms with Gasteiger partial charge in [0, 0.05) is 6.54 Å². The van der Waals surface area contributed by atoms with Crippen LogP contribution < -0.4 is 0 Å². The number of carbonyl (C=O) groups is 1. The first-order chi connectivity index (χ1) is 8.84. The van der Waals surface area contributed by atoms with Crippen molar-refractivity contribution in [1.82, 2.24) is 4.47 Å². The smallest absolute Gasteiger partial charge is 0.335 e. The zero-order chi connectivity index (χ0) is 14.6. The van der Waals surface area contributed by atoms with Gasteiger partial charge in [0.1, 0.15) is 4.90 Å². The lowest BCUT2D eigenvalue weighted by Gasteiger charge is -2.19. The zero-order valence-corrected chi connectivity index (χ0v) is 12.0. The number of aromatic carboxylic acids is 1. The first-order valence-corrected chi connectivity index (χ1v) is 7.26. The van der Waals surface area contributed by atoms with E-state index in [1.165, 1.54) is 19.2 Å². The molecule has 1 aromatic carbocycles. The number of hydroxylamine groups is 1. The van der Waals surface area contributed by atoms with Gasteiger partial charge in [0.05, 0.1) is 17.7 Å². The van der Waals surface area contributed by atoms with Gasteiger partial charge in [-0.2, -0.15) is 0 Å². The SMILES string of the molecule is CCCN(OC)S(=O)(=O)c1cc(C(=O)O)ccc1Cl. The molecule has 1 N–H and O–H groups in total. The van der Waals surface area contributed by atoms with E-state index in [2.05, 4.69) is 0 Å². The fourth-order valence-electron chi connectivity index (χ4n) is 1.44. The number of hydrogen-bond donors (Lipinski definition) is 1. The fourth-order valence-corrected chi connectivity index (χ4v) is 3.27. The second kappa shape index (κ2) is 6.33. The molecular weight excluding hydrogens is 294 g/mol. The van der Waals surface area contributed by atoms with Crippen molar-refractivity contribution in [3.05, 3.63) is 28.8 Å². The molecule has 0 aliphatic rings. The number of halogens is 1. The lowest BCUT2D eigenvalue weighted by molar-refractivity contribution is -0.0482. The third kappa shape index (κ3) is 3.44. The minimum atomic E-state index is -3.98. The van der Waals surface area contributed by atoms with Gasteiger partial charge in [-0.15, -0.1) is 0 Å². The van der Waals surface area contributed by atoms with Crippen molar-refractivity contribution >= 4 is 27.6 Å². The summed E-state index contributed by atoms with van der Waals surface area (Å²) in [4.78, 5) is 15.4. The number of carboxylic acid groups (broad SMARTS) is 1. The molecule has 0 spiro atoms. The summed E-state index contributed by atoms with van der Waals surface area (Å²) < 4.78 is 25.3. The molecule has 0 amide bonds. The average Bonchev–Trinajstić information content (AvgIpc) is 2.35. The third-order valence-corrected chi connectivity index (χ3v) is 4.54. The van der Waals surface area contributed by atoms with E-state index in [4.69, 9.17) is 21.5 Å². The van der Waals surface area contributed by atoms with Gasteiger partial charge in [-0.25, -0.2) is 13.2 Å². The molecule has 6 nitrogen and oxygen atoms in total. The summed E-state index contributed by atoms with van der Waals surface area (Å²) in [6, 6.07) is 3.49. The number of rotatable bonds is 6. The topological polar surface area (TPSA) is 83.9 Å². The molecule has 0 fully saturated rings. The molecule has 0 heterocycles. The standard InChI is InChI=1S/C11H14ClNO5S/c1-3-6-13(18-2)19(16,17)10-7-8(11(14)15)4-5-9(10)12/h4-5,7H,3,6H2,1-2H3,(H,14,15). The van der Waals surface area contributed by atoms with Gasteiger partial charge < -0.3 is 5.11 Å². The van der Waals surface area contributed by atoms with Crippen LogP contribution in [0.25, 0.3) is 0 Å². The average molecular weight is 308 g/mol. The lowest BCUT2D eigenvalue weighted by atomic mass is 10.2. The number of sulfonamides is 1. The van der Waals surface area contributed by atoms with E-state index < -0.39 is 16.0 Å². The molecule has 0 bridgehead atoms. The largest absolute Gasteiger partial charge is 0.478 e. The monoisotopic (exact) mass is 307 g/mol. The Morgan fingerprint density at radius 2 is 2.11 bits per heavy atom. The maximum Gasteiger partial charge on any atom is 0.335 e. The Morgan fingerprint density at radius 1 is 1.47 bits per heavy atom. The van der Waals surface area contributed by atoms with Gasteiger partial charge >= 0.3 is 5.97 Å². The third-order valence-electron chi connectivity index (χ3n) is 2.33. The van der Waals surface area contributed by atoms with Crippen molar-refractivity contribution in [2.24, 2.45) is 0 Å². The van der Waals surface area contributed by atoms with Crippen LogP contribution in [0.15, 0.2) is 23.1 Å². The minimum absolute atomic E-state index is 0.0526. The summed E-state index contributed by atoms with van der Waals surface area (Å²) >= 11 is 5.83. The van der Waals surface area contributed by atoms with Crippen LogP contribution in [-0.4, -0.2) is 37.6 Å². The Hall–Kier alpha value is -1.15. The summed E-state index contributed by atoms with van der Waals surface area (Å²) in [5.41, 5.74) is -0.157. The van der Waals surface area contributed by atoms with Crippen LogP contribution in [0.4, 0.5) is 0 Å². The van der Waals surface area contributed by atoms with Crippen LogP contribution in [0.5, 0.6) is 0 Å². The maximum atomic E-state index is 12.3. The van der Waals surface area contributed by atoms with Crippen LogP contribution in [0.2, 0.25) is 5.02 Å². The van der Waals surface area contributed by atoms with E-state index in [-0.39, 0.29) is 22.0 Å². The quantitative estimate of drug-likeness (QED) is 0.813. The highest BCUT2D eigenvalue weighted by molar-refractivity contribution is 7.89. The highest BCUT2D eigenvalue weighted by atomic mass is 35.5. The van der Waals surface area contributed by atoms with Gasteiger partial charge in [-0.05, 0) is 24.6 Å². The molecule has 0 aliphatic heterocycles. The Morgan fingerprint density at radius 3 is 2.58 bits per heavy atom. The molecule has 106 valence electrons. The molecule has 8 heteroatoms. The summed E-state index contributed by atoms with van der Waals surface area (Å²) in [6.07, 6.45) is 0.545. The number of benzene rings is 1. The molecule has 0 saturated heterocycles. The molecule has 1 rings (SSSR count). The first-order valence-electron chi connectivity index (χ1n) is 5.44. The van der Waals surface area contributed by atoms with Gasteiger partial charge in [-0.1, -0.05) is 23.0 Å². The van der Waals surface area contributed by atoms with E-state index in [0.717, 1.165) is 10.5 Å². The van der Waals surface area contributed by atoms with Crippen molar-refractivity contribution in [3.8, 4) is 0 Å². The van der Waals surface area contributed by atoms with Crippen LogP contribution in [0, 0.1) is 0 Å². The van der Waals surface area contributed by atoms with Gasteiger partial charge in [0.2, 0.25) is 0 Å². The molecule has 0 aliphatic carbocycles. The molecular formula is C11H14ClNO5S. The van der Waals surface area contributed by atoms with Crippen LogP contribution in [0.3, 0.4) is 0 Å². The van der Waals surface area contributed by atoms with Crippen LogP contribution >= 0.6 is 11.6 Å². The van der Waals surface area contributed by atoms with E-state index in [1.54, 1.807) is 6.92 Å². The molecule has 1 aromatic rings. The Kier molecular flexibility index (Phi) is 5.30. The summed E-state index contributed by atoms with van der Waals surface area (Å²) in [5.74, 6) is -1.23. The molecule has 0 atom stereocenters. The summed E-state index contributed by atoms with van der Waals surface area (Å²) in [7, 11) is -2.76. The van der Waals surface area contributed by atoms with E-state index in [1.807, 2.05) is 0 Å². The molecule has 0 radical (unpaired) electrons. The minimum Gasteiger partial charge on any atom is -0.478 e. The summed E-state index contributed by atoms with van der Waals surface area (Å²) in [6.45, 7) is 1.93. The maximum absolute atomic E-state index is 12.3. The van der Waals surface area contributed by atoms with Gasteiger partial charge in [-0.3, -0.25) is 4.84 Å². The second-order valence-corrected chi connectivity index (χ2v) is 5.87. The fraction of sp³-hybridized carbons (Fsp3) is 0.364. The summed E-state index contributed by atoms with van der Waals surface area (Å²) in [5, 5.41) is 8.83. The predicted octanol–water partition coefficient (Wildman–Crippen LogP) is 2.00. The van der Waals surface area contributed by atoms with Crippen LogP contribution in [-0.2, 0) is 14.9 Å². The second-order valence-electron chi connectivity index (χ2n) is 3.66. The first kappa shape index (κ1) is 15.9. The number of nitrogens with zero attached hydrogens (tertiary/aromatic N) is 1. The predicted molar refractivity (Wildman–Crippen MR) is 69.6 cm³/mol. The zero-order valence-electron chi connectivity index (χ0n) is 10.5. The number of hydrogen-bond acceptors (Lipinski definition) is 4. The molecule has 0 saturated carbocycles.